The molecule has 0 fully saturated rings. The maximum Gasteiger partial charge on any atom is 0.265 e. The number of H-pyrrole nitrogens is 1. The van der Waals surface area contributed by atoms with Crippen molar-refractivity contribution in [2.75, 3.05) is 0 Å². The van der Waals surface area contributed by atoms with Gasteiger partial charge in [0.25, 0.3) is 5.56 Å². The van der Waals surface area contributed by atoms with Crippen molar-refractivity contribution in [3.63, 3.8) is 0 Å². The van der Waals surface area contributed by atoms with E-state index in [1.165, 1.54) is 0 Å². The number of benzene rings is 1. The summed E-state index contributed by atoms with van der Waals surface area (Å²) in [4.78, 5) is 19.0. The summed E-state index contributed by atoms with van der Waals surface area (Å²) in [5, 5.41) is 0.626. The second-order valence-corrected chi connectivity index (χ2v) is 5.74. The van der Waals surface area contributed by atoms with E-state index in [1.54, 1.807) is 12.1 Å². The number of rotatable bonds is 2. The van der Waals surface area contributed by atoms with Crippen molar-refractivity contribution in [3.05, 3.63) is 48.2 Å². The summed E-state index contributed by atoms with van der Waals surface area (Å²) in [5.41, 5.74) is 1.35. The Hall–Kier alpha value is -0.650. The molecule has 1 heterocycles. The molecule has 0 aliphatic heterocycles. The summed E-state index contributed by atoms with van der Waals surface area (Å²) >= 11 is 12.5. The van der Waals surface area contributed by atoms with Crippen LogP contribution in [0.25, 0.3) is 11.4 Å². The number of halogens is 3. The van der Waals surface area contributed by atoms with Crippen LogP contribution in [0.4, 0.5) is 0 Å². The number of aryl methyl sites for hydroxylation is 1. The van der Waals surface area contributed by atoms with Gasteiger partial charge in [0.2, 0.25) is 0 Å². The van der Waals surface area contributed by atoms with Crippen LogP contribution in [0.1, 0.15) is 12.6 Å². The fourth-order valence-electron chi connectivity index (χ4n) is 1.55. The molecule has 0 saturated heterocycles. The molecule has 0 aliphatic carbocycles. The van der Waals surface area contributed by atoms with Crippen LogP contribution in [-0.4, -0.2) is 9.97 Å². The molecular formula is C12H9Br2ClN2O. The zero-order valence-corrected chi connectivity index (χ0v) is 13.4. The molecular weight excluding hydrogens is 383 g/mol. The Labute approximate surface area is 126 Å². The van der Waals surface area contributed by atoms with E-state index in [4.69, 9.17) is 11.6 Å². The third kappa shape index (κ3) is 2.68. The number of hydrogen-bond acceptors (Lipinski definition) is 2. The van der Waals surface area contributed by atoms with Crippen LogP contribution in [0.2, 0.25) is 5.02 Å². The molecule has 1 aromatic carbocycles. The van der Waals surface area contributed by atoms with E-state index in [2.05, 4.69) is 41.8 Å². The second kappa shape index (κ2) is 5.55. The van der Waals surface area contributed by atoms with Crippen LogP contribution in [0.5, 0.6) is 0 Å². The number of aromatic amines is 1. The number of hydrogen-bond donors (Lipinski definition) is 1. The summed E-state index contributed by atoms with van der Waals surface area (Å²) in [7, 11) is 0. The van der Waals surface area contributed by atoms with Crippen LogP contribution >= 0.6 is 43.5 Å². The van der Waals surface area contributed by atoms with Crippen molar-refractivity contribution in [1.82, 2.24) is 9.97 Å². The van der Waals surface area contributed by atoms with Gasteiger partial charge in [0, 0.05) is 15.1 Å². The van der Waals surface area contributed by atoms with E-state index in [1.807, 2.05) is 13.0 Å². The molecule has 1 aromatic heterocycles. The van der Waals surface area contributed by atoms with Crippen molar-refractivity contribution >= 4 is 43.5 Å². The summed E-state index contributed by atoms with van der Waals surface area (Å²) in [6, 6.07) is 5.35. The molecule has 0 atom stereocenters. The van der Waals surface area contributed by atoms with E-state index in [-0.39, 0.29) is 5.56 Å². The Morgan fingerprint density at radius 2 is 2.11 bits per heavy atom. The van der Waals surface area contributed by atoms with Crippen molar-refractivity contribution < 1.29 is 0 Å². The molecule has 2 rings (SSSR count). The minimum Gasteiger partial charge on any atom is -0.306 e. The lowest BCUT2D eigenvalue weighted by Crippen LogP contribution is -2.13. The number of aromatic nitrogens is 2. The van der Waals surface area contributed by atoms with Gasteiger partial charge in [-0.1, -0.05) is 18.5 Å². The summed E-state index contributed by atoms with van der Waals surface area (Å²) in [5.74, 6) is 0.531. The first-order valence-corrected chi connectivity index (χ1v) is 7.23. The molecule has 0 aliphatic rings. The van der Waals surface area contributed by atoms with Crippen LogP contribution in [0.15, 0.2) is 31.9 Å². The highest BCUT2D eigenvalue weighted by atomic mass is 79.9. The second-order valence-electron chi connectivity index (χ2n) is 3.65. The van der Waals surface area contributed by atoms with Gasteiger partial charge in [0.1, 0.15) is 10.3 Å². The summed E-state index contributed by atoms with van der Waals surface area (Å²) < 4.78 is 1.28. The topological polar surface area (TPSA) is 45.8 Å². The maximum atomic E-state index is 11.8. The van der Waals surface area contributed by atoms with Crippen LogP contribution in [0, 0.1) is 0 Å². The lowest BCUT2D eigenvalue weighted by Gasteiger charge is -2.07. The molecule has 2 aromatic rings. The van der Waals surface area contributed by atoms with E-state index < -0.39 is 0 Å². The van der Waals surface area contributed by atoms with Gasteiger partial charge in [0.05, 0.1) is 5.69 Å². The Morgan fingerprint density at radius 1 is 1.39 bits per heavy atom. The molecule has 1 N–H and O–H groups in total. The fourth-order valence-corrected chi connectivity index (χ4v) is 2.89. The number of nitrogens with zero attached hydrogens (tertiary/aromatic N) is 1. The van der Waals surface area contributed by atoms with E-state index >= 15 is 0 Å². The molecule has 6 heteroatoms. The predicted molar refractivity (Wildman–Crippen MR) is 80.1 cm³/mol. The predicted octanol–water partition coefficient (Wildman–Crippen LogP) is 4.18. The van der Waals surface area contributed by atoms with Gasteiger partial charge < -0.3 is 4.98 Å². The van der Waals surface area contributed by atoms with Crippen molar-refractivity contribution in [1.29, 1.82) is 0 Å². The molecule has 3 nitrogen and oxygen atoms in total. The van der Waals surface area contributed by atoms with Gasteiger partial charge in [-0.15, -0.1) is 0 Å². The number of nitrogens with one attached hydrogen (secondary N) is 1. The molecule has 0 bridgehead atoms. The smallest absolute Gasteiger partial charge is 0.265 e. The van der Waals surface area contributed by atoms with Gasteiger partial charge in [-0.25, -0.2) is 4.98 Å². The molecule has 0 saturated carbocycles. The third-order valence-corrected chi connectivity index (χ3v) is 4.16. The fraction of sp³-hybridized carbons (Fsp3) is 0.167. The minimum absolute atomic E-state index is 0.182. The monoisotopic (exact) mass is 390 g/mol. The minimum atomic E-state index is -0.182. The zero-order chi connectivity index (χ0) is 13.3. The summed E-state index contributed by atoms with van der Waals surface area (Å²) in [6.07, 6.45) is 0.683. The van der Waals surface area contributed by atoms with Gasteiger partial charge in [-0.3, -0.25) is 4.79 Å². The van der Waals surface area contributed by atoms with Gasteiger partial charge >= 0.3 is 0 Å². The first-order chi connectivity index (χ1) is 8.52. The van der Waals surface area contributed by atoms with Crippen molar-refractivity contribution in [3.8, 4) is 11.4 Å². The lowest BCUT2D eigenvalue weighted by molar-refractivity contribution is 0.970. The molecule has 0 spiro atoms. The van der Waals surface area contributed by atoms with E-state index in [9.17, 15) is 4.79 Å². The largest absolute Gasteiger partial charge is 0.306 e. The Kier molecular flexibility index (Phi) is 4.25. The average molecular weight is 392 g/mol. The standard InChI is InChI=1S/C12H9Br2ClN2O/c1-2-9-10(14)12(18)17-11(16-9)7-4-3-6(15)5-8(7)13/h3-5H,2H2,1H3,(H,16,17,18). The molecule has 18 heavy (non-hydrogen) atoms. The molecule has 0 unspecified atom stereocenters. The van der Waals surface area contributed by atoms with Crippen molar-refractivity contribution in [2.45, 2.75) is 13.3 Å². The zero-order valence-electron chi connectivity index (χ0n) is 9.43. The highest BCUT2D eigenvalue weighted by Crippen LogP contribution is 2.28. The van der Waals surface area contributed by atoms with Crippen LogP contribution in [-0.2, 0) is 6.42 Å². The van der Waals surface area contributed by atoms with Crippen molar-refractivity contribution in [2.24, 2.45) is 0 Å². The molecule has 0 amide bonds. The lowest BCUT2D eigenvalue weighted by atomic mass is 10.2. The first kappa shape index (κ1) is 13.8. The van der Waals surface area contributed by atoms with Gasteiger partial charge in [-0.05, 0) is 56.5 Å². The van der Waals surface area contributed by atoms with Crippen LogP contribution < -0.4 is 5.56 Å². The maximum absolute atomic E-state index is 11.8. The Bertz CT molecular complexity index is 655. The normalized spacial score (nSPS) is 10.7. The SMILES string of the molecule is CCc1nc(-c2ccc(Cl)cc2Br)[nH]c(=O)c1Br. The highest BCUT2D eigenvalue weighted by Gasteiger charge is 2.11. The molecule has 94 valence electrons. The molecule has 0 radical (unpaired) electrons. The van der Waals surface area contributed by atoms with Gasteiger partial charge in [-0.2, -0.15) is 0 Å². The highest BCUT2D eigenvalue weighted by molar-refractivity contribution is 9.10. The average Bonchev–Trinajstić information content (AvgIpc) is 2.32. The van der Waals surface area contributed by atoms with E-state index in [0.717, 1.165) is 15.7 Å². The third-order valence-electron chi connectivity index (χ3n) is 2.45. The first-order valence-electron chi connectivity index (χ1n) is 5.27. The summed E-state index contributed by atoms with van der Waals surface area (Å²) in [6.45, 7) is 1.95. The quantitative estimate of drug-likeness (QED) is 0.834. The van der Waals surface area contributed by atoms with E-state index in [0.29, 0.717) is 21.7 Å². The Balaban J connectivity index is 2.64. The Morgan fingerprint density at radius 3 is 2.72 bits per heavy atom. The van der Waals surface area contributed by atoms with Gasteiger partial charge in [0.15, 0.2) is 0 Å². The van der Waals surface area contributed by atoms with Crippen LogP contribution in [0.3, 0.4) is 0 Å².